The molecule has 1 N–H and O–H groups in total. The zero-order chi connectivity index (χ0) is 15.8. The van der Waals surface area contributed by atoms with E-state index in [0.29, 0.717) is 4.73 Å². The highest BCUT2D eigenvalue weighted by atomic mass is 32.2. The van der Waals surface area contributed by atoms with Crippen LogP contribution in [0, 0.1) is 10.1 Å². The van der Waals surface area contributed by atoms with Gasteiger partial charge in [0.25, 0.3) is 5.52 Å². The van der Waals surface area contributed by atoms with Crippen molar-refractivity contribution >= 4 is 26.8 Å². The standard InChI is InChI=1S/C12H13N3O5S/c1-13-12(16)11-10(7-21(2,19)20)14(17)8-5-3-4-6-9(8)15(11)18/h3-6H,7H2,1-2H3,(H,13,16). The number of hydrogen-bond donors (Lipinski definition) is 1. The molecule has 0 spiro atoms. The van der Waals surface area contributed by atoms with Gasteiger partial charge in [-0.15, -0.1) is 0 Å². The number of benzene rings is 1. The molecule has 0 bridgehead atoms. The fourth-order valence-corrected chi connectivity index (χ4v) is 2.75. The lowest BCUT2D eigenvalue weighted by molar-refractivity contribution is -0.468. The number of aromatic nitrogens is 2. The SMILES string of the molecule is CNC(=O)c1c(CS(C)(=O)=O)n([O-])c2ccccc2[n+]1=O. The van der Waals surface area contributed by atoms with Crippen LogP contribution >= 0.6 is 0 Å². The molecule has 1 amide bonds. The van der Waals surface area contributed by atoms with Crippen molar-refractivity contribution in [3.8, 4) is 0 Å². The summed E-state index contributed by atoms with van der Waals surface area (Å²) in [6.07, 6.45) is 0.922. The number of carbonyl (C=O) groups excluding carboxylic acids is 1. The van der Waals surface area contributed by atoms with Gasteiger partial charge in [0.1, 0.15) is 11.2 Å². The molecule has 21 heavy (non-hydrogen) atoms. The van der Waals surface area contributed by atoms with Crippen molar-refractivity contribution in [3.05, 3.63) is 45.8 Å². The number of rotatable bonds is 3. The van der Waals surface area contributed by atoms with Gasteiger partial charge < -0.3 is 15.3 Å². The molecular formula is C12H13N3O5S. The summed E-state index contributed by atoms with van der Waals surface area (Å²) in [7, 11) is -2.31. The first kappa shape index (κ1) is 15.0. The molecule has 0 fully saturated rings. The summed E-state index contributed by atoms with van der Waals surface area (Å²) >= 11 is 0. The Morgan fingerprint density at radius 2 is 2.00 bits per heavy atom. The Morgan fingerprint density at radius 1 is 1.38 bits per heavy atom. The molecule has 0 unspecified atom stereocenters. The number of nitrogens with one attached hydrogen (secondary N) is 1. The molecule has 0 atom stereocenters. The van der Waals surface area contributed by atoms with Crippen LogP contribution in [0.25, 0.3) is 11.0 Å². The molecule has 0 saturated heterocycles. The van der Waals surface area contributed by atoms with Crippen LogP contribution in [-0.4, -0.2) is 32.4 Å². The molecular weight excluding hydrogens is 298 g/mol. The largest absolute Gasteiger partial charge is 0.805 e. The van der Waals surface area contributed by atoms with Gasteiger partial charge in [-0.3, -0.25) is 4.79 Å². The maximum absolute atomic E-state index is 12.3. The Morgan fingerprint density at radius 3 is 2.57 bits per heavy atom. The van der Waals surface area contributed by atoms with Crippen molar-refractivity contribution in [2.24, 2.45) is 0 Å². The monoisotopic (exact) mass is 311 g/mol. The first-order valence-corrected chi connectivity index (χ1v) is 7.99. The Kier molecular flexibility index (Phi) is 3.69. The summed E-state index contributed by atoms with van der Waals surface area (Å²) < 4.78 is 23.5. The minimum atomic E-state index is -3.60. The van der Waals surface area contributed by atoms with Crippen molar-refractivity contribution in [2.45, 2.75) is 5.75 Å². The highest BCUT2D eigenvalue weighted by Crippen LogP contribution is 2.16. The van der Waals surface area contributed by atoms with Crippen LogP contribution in [0.3, 0.4) is 0 Å². The van der Waals surface area contributed by atoms with Crippen LogP contribution in [0.2, 0.25) is 0 Å². The maximum Gasteiger partial charge on any atom is 0.347 e. The zero-order valence-electron chi connectivity index (χ0n) is 11.4. The molecule has 1 heterocycles. The molecule has 112 valence electrons. The summed E-state index contributed by atoms with van der Waals surface area (Å²) in [5.74, 6) is -1.52. The molecule has 0 radical (unpaired) electrons. The number of fused-ring (bicyclic) bond motifs is 1. The lowest BCUT2D eigenvalue weighted by Gasteiger charge is -2.18. The Labute approximate surface area is 120 Å². The third-order valence-corrected chi connectivity index (χ3v) is 3.68. The van der Waals surface area contributed by atoms with Gasteiger partial charge in [0.2, 0.25) is 0 Å². The van der Waals surface area contributed by atoms with Crippen LogP contribution < -0.4 is 9.74 Å². The zero-order valence-corrected chi connectivity index (χ0v) is 12.2. The van der Waals surface area contributed by atoms with E-state index in [-0.39, 0.29) is 15.5 Å². The number of nitrogens with zero attached hydrogens (tertiary/aromatic N) is 2. The number of para-hydroxylation sites is 2. The van der Waals surface area contributed by atoms with Gasteiger partial charge in [-0.05, 0) is 6.07 Å². The lowest BCUT2D eigenvalue weighted by Crippen LogP contribution is -2.36. The fourth-order valence-electron chi connectivity index (χ4n) is 2.00. The minimum absolute atomic E-state index is 0.00111. The highest BCUT2D eigenvalue weighted by Gasteiger charge is 2.29. The van der Waals surface area contributed by atoms with E-state index in [9.17, 15) is 23.3 Å². The van der Waals surface area contributed by atoms with Crippen LogP contribution in [0.15, 0.2) is 24.3 Å². The summed E-state index contributed by atoms with van der Waals surface area (Å²) in [6, 6.07) is 5.85. The van der Waals surface area contributed by atoms with Crippen LogP contribution in [-0.2, 0) is 15.6 Å². The molecule has 1 aromatic heterocycles. The Bertz CT molecular complexity index is 886. The van der Waals surface area contributed by atoms with Gasteiger partial charge in [0, 0.05) is 24.3 Å². The van der Waals surface area contributed by atoms with Gasteiger partial charge in [-0.25, -0.2) is 8.42 Å². The van der Waals surface area contributed by atoms with E-state index in [2.05, 4.69) is 5.32 Å². The third kappa shape index (κ3) is 2.72. The van der Waals surface area contributed by atoms with E-state index in [1.807, 2.05) is 0 Å². The van der Waals surface area contributed by atoms with Crippen molar-refractivity contribution in [1.29, 1.82) is 0 Å². The van der Waals surface area contributed by atoms with E-state index in [4.69, 9.17) is 0 Å². The van der Waals surface area contributed by atoms with Gasteiger partial charge in [-0.1, -0.05) is 12.1 Å². The smallest absolute Gasteiger partial charge is 0.347 e. The van der Waals surface area contributed by atoms with Gasteiger partial charge >= 0.3 is 11.6 Å². The van der Waals surface area contributed by atoms with E-state index < -0.39 is 32.9 Å². The normalized spacial score (nSPS) is 11.5. The third-order valence-electron chi connectivity index (χ3n) is 2.88. The average Bonchev–Trinajstić information content (AvgIpc) is 2.43. The molecule has 0 saturated carbocycles. The second kappa shape index (κ2) is 5.17. The quantitative estimate of drug-likeness (QED) is 0.789. The van der Waals surface area contributed by atoms with Gasteiger partial charge in [0.15, 0.2) is 9.84 Å². The molecule has 9 heteroatoms. The number of carbonyl (C=O) groups is 1. The number of hydrogen-bond acceptors (Lipinski definition) is 5. The second-order valence-corrected chi connectivity index (χ2v) is 6.66. The van der Waals surface area contributed by atoms with Crippen LogP contribution in [0.4, 0.5) is 0 Å². The first-order valence-electron chi connectivity index (χ1n) is 5.92. The summed E-state index contributed by atoms with van der Waals surface area (Å²) in [5, 5.41) is 14.6. The van der Waals surface area contributed by atoms with Gasteiger partial charge in [-0.2, -0.15) is 0 Å². The molecule has 2 rings (SSSR count). The van der Waals surface area contributed by atoms with Crippen molar-refractivity contribution < 1.29 is 17.6 Å². The molecule has 1 aromatic carbocycles. The average molecular weight is 311 g/mol. The van der Waals surface area contributed by atoms with E-state index in [0.717, 1.165) is 6.26 Å². The predicted molar refractivity (Wildman–Crippen MR) is 76.0 cm³/mol. The number of sulfone groups is 1. The van der Waals surface area contributed by atoms with E-state index in [1.54, 1.807) is 12.1 Å². The van der Waals surface area contributed by atoms with Crippen molar-refractivity contribution in [3.63, 3.8) is 0 Å². The van der Waals surface area contributed by atoms with E-state index >= 15 is 0 Å². The van der Waals surface area contributed by atoms with E-state index in [1.165, 1.54) is 19.2 Å². The van der Waals surface area contributed by atoms with Crippen molar-refractivity contribution in [2.75, 3.05) is 13.3 Å². The predicted octanol–water partition coefficient (Wildman–Crippen LogP) is -0.194. The molecule has 2 aromatic rings. The van der Waals surface area contributed by atoms with Gasteiger partial charge in [0.05, 0.1) is 10.2 Å². The van der Waals surface area contributed by atoms with Crippen LogP contribution in [0.5, 0.6) is 0 Å². The summed E-state index contributed by atoms with van der Waals surface area (Å²) in [4.78, 5) is 24.2. The highest BCUT2D eigenvalue weighted by molar-refractivity contribution is 7.89. The maximum atomic E-state index is 12.3. The first-order chi connectivity index (χ1) is 9.76. The van der Waals surface area contributed by atoms with Crippen molar-refractivity contribution in [1.82, 2.24) is 10.0 Å². The molecule has 0 aliphatic carbocycles. The number of amides is 1. The Hall–Kier alpha value is -2.42. The summed E-state index contributed by atoms with van der Waals surface area (Å²) in [5.41, 5.74) is -0.927. The minimum Gasteiger partial charge on any atom is -0.805 e. The van der Waals surface area contributed by atoms with Crippen LogP contribution in [0.1, 0.15) is 16.2 Å². The molecule has 0 aliphatic heterocycles. The Balaban J connectivity index is 2.96. The fraction of sp³-hybridized carbons (Fsp3) is 0.250. The second-order valence-electron chi connectivity index (χ2n) is 4.52. The lowest BCUT2D eigenvalue weighted by atomic mass is 10.2. The summed E-state index contributed by atoms with van der Waals surface area (Å²) in [6.45, 7) is 0. The molecule has 8 nitrogen and oxygen atoms in total. The topological polar surface area (TPSA) is 114 Å². The molecule has 0 aliphatic rings.